The molecule has 2 nitrogen and oxygen atoms in total. The van der Waals surface area contributed by atoms with Crippen molar-refractivity contribution in [3.8, 4) is 0 Å². The molecule has 100 valence electrons. The van der Waals surface area contributed by atoms with E-state index >= 15 is 0 Å². The number of hydrogen-bond donors (Lipinski definition) is 1. The van der Waals surface area contributed by atoms with Gasteiger partial charge in [-0.2, -0.15) is 0 Å². The molecule has 1 aliphatic carbocycles. The molecule has 0 radical (unpaired) electrons. The van der Waals surface area contributed by atoms with Crippen molar-refractivity contribution >= 4 is 15.9 Å². The van der Waals surface area contributed by atoms with Crippen molar-refractivity contribution < 1.29 is 0 Å². The summed E-state index contributed by atoms with van der Waals surface area (Å²) in [6.07, 6.45) is 4.87. The van der Waals surface area contributed by atoms with Gasteiger partial charge in [-0.05, 0) is 49.9 Å². The van der Waals surface area contributed by atoms with Crippen LogP contribution in [0.5, 0.6) is 0 Å². The lowest BCUT2D eigenvalue weighted by Crippen LogP contribution is -2.40. The summed E-state index contributed by atoms with van der Waals surface area (Å²) in [5.41, 5.74) is 7.38. The second-order valence-electron chi connectivity index (χ2n) is 5.26. The van der Waals surface area contributed by atoms with Gasteiger partial charge in [-0.3, -0.25) is 4.90 Å². The van der Waals surface area contributed by atoms with E-state index in [4.69, 9.17) is 5.73 Å². The predicted molar refractivity (Wildman–Crippen MR) is 80.5 cm³/mol. The highest BCUT2D eigenvalue weighted by molar-refractivity contribution is 9.10. The average Bonchev–Trinajstić information content (AvgIpc) is 2.37. The van der Waals surface area contributed by atoms with Crippen molar-refractivity contribution in [3.63, 3.8) is 0 Å². The SMILES string of the molecule is CCN(Cc1cccc(Br)c1)C1CCC(N)CC1. The number of benzene rings is 1. The summed E-state index contributed by atoms with van der Waals surface area (Å²) >= 11 is 3.54. The van der Waals surface area contributed by atoms with Crippen molar-refractivity contribution in [1.82, 2.24) is 4.90 Å². The molecule has 1 aromatic rings. The van der Waals surface area contributed by atoms with Crippen LogP contribution < -0.4 is 5.73 Å². The topological polar surface area (TPSA) is 29.3 Å². The van der Waals surface area contributed by atoms with Crippen LogP contribution in [0.15, 0.2) is 28.7 Å². The molecule has 0 saturated heterocycles. The zero-order valence-electron chi connectivity index (χ0n) is 11.1. The van der Waals surface area contributed by atoms with E-state index < -0.39 is 0 Å². The van der Waals surface area contributed by atoms with Crippen molar-refractivity contribution in [3.05, 3.63) is 34.3 Å². The second-order valence-corrected chi connectivity index (χ2v) is 6.18. The zero-order chi connectivity index (χ0) is 13.0. The molecule has 18 heavy (non-hydrogen) atoms. The van der Waals surface area contributed by atoms with Gasteiger partial charge in [-0.15, -0.1) is 0 Å². The Morgan fingerprint density at radius 1 is 1.28 bits per heavy atom. The van der Waals surface area contributed by atoms with Crippen molar-refractivity contribution in [2.24, 2.45) is 5.73 Å². The van der Waals surface area contributed by atoms with Crippen LogP contribution in [0.4, 0.5) is 0 Å². The van der Waals surface area contributed by atoms with E-state index in [1.165, 1.54) is 35.7 Å². The maximum absolute atomic E-state index is 5.99. The van der Waals surface area contributed by atoms with Gasteiger partial charge in [0.25, 0.3) is 0 Å². The third kappa shape index (κ3) is 3.81. The van der Waals surface area contributed by atoms with Crippen molar-refractivity contribution in [2.45, 2.75) is 51.2 Å². The van der Waals surface area contributed by atoms with Gasteiger partial charge in [0, 0.05) is 23.1 Å². The monoisotopic (exact) mass is 310 g/mol. The van der Waals surface area contributed by atoms with E-state index in [0.29, 0.717) is 12.1 Å². The Kier molecular flexibility index (Phi) is 5.22. The van der Waals surface area contributed by atoms with E-state index in [9.17, 15) is 0 Å². The Labute approximate surface area is 119 Å². The quantitative estimate of drug-likeness (QED) is 0.921. The van der Waals surface area contributed by atoms with Gasteiger partial charge in [-0.1, -0.05) is 35.0 Å². The van der Waals surface area contributed by atoms with Crippen molar-refractivity contribution in [1.29, 1.82) is 0 Å². The van der Waals surface area contributed by atoms with E-state index in [2.05, 4.69) is 52.0 Å². The highest BCUT2D eigenvalue weighted by Crippen LogP contribution is 2.24. The standard InChI is InChI=1S/C15H23BrN2/c1-2-18(15-8-6-14(17)7-9-15)11-12-4-3-5-13(16)10-12/h3-5,10,14-15H,2,6-9,11,17H2,1H3. The largest absolute Gasteiger partial charge is 0.328 e. The van der Waals surface area contributed by atoms with Gasteiger partial charge in [-0.25, -0.2) is 0 Å². The molecule has 3 heteroatoms. The lowest BCUT2D eigenvalue weighted by Gasteiger charge is -2.35. The fourth-order valence-electron chi connectivity index (χ4n) is 2.84. The van der Waals surface area contributed by atoms with E-state index in [1.807, 2.05) is 0 Å². The fourth-order valence-corrected chi connectivity index (χ4v) is 3.28. The molecule has 1 aliphatic rings. The second kappa shape index (κ2) is 6.69. The van der Waals surface area contributed by atoms with Crippen LogP contribution in [0.1, 0.15) is 38.2 Å². The molecule has 0 heterocycles. The smallest absolute Gasteiger partial charge is 0.0236 e. The summed E-state index contributed by atoms with van der Waals surface area (Å²) in [5, 5.41) is 0. The number of hydrogen-bond acceptors (Lipinski definition) is 2. The van der Waals surface area contributed by atoms with Crippen LogP contribution in [0.2, 0.25) is 0 Å². The van der Waals surface area contributed by atoms with E-state index in [0.717, 1.165) is 13.1 Å². The molecular formula is C15H23BrN2. The third-order valence-electron chi connectivity index (χ3n) is 3.94. The van der Waals surface area contributed by atoms with E-state index in [1.54, 1.807) is 0 Å². The summed E-state index contributed by atoms with van der Waals surface area (Å²) in [7, 11) is 0. The molecule has 0 unspecified atom stereocenters. The molecule has 1 aromatic carbocycles. The van der Waals surface area contributed by atoms with Gasteiger partial charge in [0.1, 0.15) is 0 Å². The van der Waals surface area contributed by atoms with Gasteiger partial charge < -0.3 is 5.73 Å². The zero-order valence-corrected chi connectivity index (χ0v) is 12.7. The molecular weight excluding hydrogens is 288 g/mol. The van der Waals surface area contributed by atoms with Crippen LogP contribution in [0, 0.1) is 0 Å². The Morgan fingerprint density at radius 2 is 2.00 bits per heavy atom. The minimum absolute atomic E-state index is 0.436. The molecule has 0 amide bonds. The molecule has 0 aromatic heterocycles. The van der Waals surface area contributed by atoms with Gasteiger partial charge in [0.15, 0.2) is 0 Å². The minimum Gasteiger partial charge on any atom is -0.328 e. The first-order valence-electron chi connectivity index (χ1n) is 6.93. The number of nitrogens with zero attached hydrogens (tertiary/aromatic N) is 1. The van der Waals surface area contributed by atoms with Crippen LogP contribution in [0.25, 0.3) is 0 Å². The molecule has 0 spiro atoms. The summed E-state index contributed by atoms with van der Waals surface area (Å²) in [6, 6.07) is 9.78. The van der Waals surface area contributed by atoms with Crippen LogP contribution >= 0.6 is 15.9 Å². The molecule has 0 atom stereocenters. The number of nitrogens with two attached hydrogens (primary N) is 1. The molecule has 1 fully saturated rings. The Hall–Kier alpha value is -0.380. The van der Waals surface area contributed by atoms with E-state index in [-0.39, 0.29) is 0 Å². The number of halogens is 1. The molecule has 2 N–H and O–H groups in total. The third-order valence-corrected chi connectivity index (χ3v) is 4.43. The summed E-state index contributed by atoms with van der Waals surface area (Å²) in [6.45, 7) is 4.43. The van der Waals surface area contributed by atoms with Crippen molar-refractivity contribution in [2.75, 3.05) is 6.54 Å². The highest BCUT2D eigenvalue weighted by Gasteiger charge is 2.23. The molecule has 0 aliphatic heterocycles. The summed E-state index contributed by atoms with van der Waals surface area (Å²) in [4.78, 5) is 2.59. The van der Waals surface area contributed by atoms with Gasteiger partial charge in [0.05, 0.1) is 0 Å². The first-order valence-corrected chi connectivity index (χ1v) is 7.72. The molecule has 1 saturated carbocycles. The minimum atomic E-state index is 0.436. The first kappa shape index (κ1) is 14.0. The molecule has 0 bridgehead atoms. The summed E-state index contributed by atoms with van der Waals surface area (Å²) < 4.78 is 1.17. The predicted octanol–water partition coefficient (Wildman–Crippen LogP) is 3.54. The average molecular weight is 311 g/mol. The van der Waals surface area contributed by atoms with Crippen LogP contribution in [-0.4, -0.2) is 23.5 Å². The molecule has 2 rings (SSSR count). The van der Waals surface area contributed by atoms with Crippen LogP contribution in [-0.2, 0) is 6.54 Å². The number of rotatable bonds is 4. The lowest BCUT2D eigenvalue weighted by molar-refractivity contribution is 0.149. The maximum Gasteiger partial charge on any atom is 0.0236 e. The Bertz CT molecular complexity index is 373. The highest BCUT2D eigenvalue weighted by atomic mass is 79.9. The lowest BCUT2D eigenvalue weighted by atomic mass is 9.90. The summed E-state index contributed by atoms with van der Waals surface area (Å²) in [5.74, 6) is 0. The van der Waals surface area contributed by atoms with Gasteiger partial charge in [0.2, 0.25) is 0 Å². The first-order chi connectivity index (χ1) is 8.69. The van der Waals surface area contributed by atoms with Gasteiger partial charge >= 0.3 is 0 Å². The normalized spacial score (nSPS) is 24.4. The Balaban J connectivity index is 1.96. The Morgan fingerprint density at radius 3 is 2.61 bits per heavy atom. The fraction of sp³-hybridized carbons (Fsp3) is 0.600. The van der Waals surface area contributed by atoms with Crippen LogP contribution in [0.3, 0.4) is 0 Å². The maximum atomic E-state index is 5.99.